The highest BCUT2D eigenvalue weighted by Gasteiger charge is 2.29. The summed E-state index contributed by atoms with van der Waals surface area (Å²) in [6.07, 6.45) is 6.81. The Labute approximate surface area is 171 Å². The van der Waals surface area contributed by atoms with E-state index in [1.54, 1.807) is 6.20 Å². The van der Waals surface area contributed by atoms with E-state index >= 15 is 0 Å². The van der Waals surface area contributed by atoms with Crippen molar-refractivity contribution >= 4 is 17.5 Å². The van der Waals surface area contributed by atoms with Gasteiger partial charge in [0.15, 0.2) is 0 Å². The molecule has 0 aliphatic carbocycles. The third-order valence-electron chi connectivity index (χ3n) is 5.89. The zero-order chi connectivity index (χ0) is 20.4. The van der Waals surface area contributed by atoms with Crippen LogP contribution in [0.1, 0.15) is 54.7 Å². The van der Waals surface area contributed by atoms with Crippen molar-refractivity contribution in [2.75, 3.05) is 24.5 Å². The van der Waals surface area contributed by atoms with Gasteiger partial charge in [-0.2, -0.15) is 5.10 Å². The first-order chi connectivity index (χ1) is 14.0. The molecule has 0 radical (unpaired) electrons. The lowest BCUT2D eigenvalue weighted by Crippen LogP contribution is -2.42. The predicted molar refractivity (Wildman–Crippen MR) is 111 cm³/mol. The van der Waals surface area contributed by atoms with Crippen LogP contribution in [-0.4, -0.2) is 51.4 Å². The predicted octanol–water partition coefficient (Wildman–Crippen LogP) is 2.83. The molecule has 1 saturated heterocycles. The topological polar surface area (TPSA) is 82.2 Å². The lowest BCUT2D eigenvalue weighted by Gasteiger charge is -2.32. The van der Waals surface area contributed by atoms with Gasteiger partial charge in [-0.1, -0.05) is 13.8 Å². The van der Waals surface area contributed by atoms with Gasteiger partial charge in [0.05, 0.1) is 11.8 Å². The molecule has 1 N–H and O–H groups in total. The number of rotatable bonds is 5. The molecule has 29 heavy (non-hydrogen) atoms. The number of nitrogens with one attached hydrogen (secondary N) is 1. The van der Waals surface area contributed by atoms with Crippen molar-refractivity contribution in [2.45, 2.75) is 46.1 Å². The van der Waals surface area contributed by atoms with Crippen LogP contribution in [0.15, 0.2) is 24.5 Å². The number of fused-ring (bicyclic) bond motifs is 1. The van der Waals surface area contributed by atoms with Crippen molar-refractivity contribution in [1.29, 1.82) is 0 Å². The highest BCUT2D eigenvalue weighted by atomic mass is 16.2. The number of ketones is 1. The van der Waals surface area contributed by atoms with E-state index in [9.17, 15) is 9.59 Å². The fraction of sp³-hybridized carbons (Fsp3) is 0.545. The molecular formula is C22H29N5O2. The number of H-pyrrole nitrogens is 1. The normalized spacial score (nSPS) is 19.3. The van der Waals surface area contributed by atoms with Crippen LogP contribution in [0.3, 0.4) is 0 Å². The molecule has 4 rings (SSSR count). The van der Waals surface area contributed by atoms with E-state index in [0.717, 1.165) is 38.2 Å². The molecule has 2 aromatic heterocycles. The number of hydrogen-bond acceptors (Lipinski definition) is 5. The van der Waals surface area contributed by atoms with E-state index < -0.39 is 0 Å². The highest BCUT2D eigenvalue weighted by Crippen LogP contribution is 2.24. The number of aromatic nitrogens is 3. The molecule has 7 nitrogen and oxygen atoms in total. The van der Waals surface area contributed by atoms with Gasteiger partial charge in [-0.25, -0.2) is 4.98 Å². The Morgan fingerprint density at radius 1 is 1.24 bits per heavy atom. The quantitative estimate of drug-likeness (QED) is 0.842. The molecule has 7 heteroatoms. The van der Waals surface area contributed by atoms with Gasteiger partial charge in [0.2, 0.25) is 0 Å². The van der Waals surface area contributed by atoms with Gasteiger partial charge in [-0.3, -0.25) is 14.7 Å². The van der Waals surface area contributed by atoms with Crippen LogP contribution in [0.4, 0.5) is 5.82 Å². The van der Waals surface area contributed by atoms with Gasteiger partial charge >= 0.3 is 0 Å². The summed E-state index contributed by atoms with van der Waals surface area (Å²) in [6.45, 7) is 7.02. The number of hydrogen-bond donors (Lipinski definition) is 1. The van der Waals surface area contributed by atoms with Gasteiger partial charge < -0.3 is 9.80 Å². The van der Waals surface area contributed by atoms with E-state index in [1.165, 1.54) is 11.3 Å². The Hall–Kier alpha value is -2.70. The number of aromatic amines is 1. The number of nitrogens with zero attached hydrogens (tertiary/aromatic N) is 4. The lowest BCUT2D eigenvalue weighted by atomic mass is 9.89. The molecule has 154 valence electrons. The number of Topliss-reactive ketones (excluding diaryl/α,β-unsaturated/α-hetero) is 1. The summed E-state index contributed by atoms with van der Waals surface area (Å²) >= 11 is 0. The monoisotopic (exact) mass is 395 g/mol. The van der Waals surface area contributed by atoms with Gasteiger partial charge in [-0.05, 0) is 30.9 Å². The summed E-state index contributed by atoms with van der Waals surface area (Å²) in [5.74, 6) is 1.46. The summed E-state index contributed by atoms with van der Waals surface area (Å²) in [4.78, 5) is 34.0. The molecule has 2 aromatic rings. The number of carbonyl (C=O) groups is 2. The largest absolute Gasteiger partial charge is 0.352 e. The molecule has 2 aliphatic rings. The molecule has 0 bridgehead atoms. The number of piperidine rings is 1. The molecule has 2 aliphatic heterocycles. The smallest absolute Gasteiger partial charge is 0.255 e. The number of carbonyl (C=O) groups excluding carboxylic acids is 2. The minimum Gasteiger partial charge on any atom is -0.352 e. The van der Waals surface area contributed by atoms with Crippen LogP contribution in [0.25, 0.3) is 0 Å². The second-order valence-corrected chi connectivity index (χ2v) is 8.61. The van der Waals surface area contributed by atoms with E-state index in [-0.39, 0.29) is 17.6 Å². The number of pyridine rings is 1. The number of amides is 1. The fourth-order valence-corrected chi connectivity index (χ4v) is 4.29. The van der Waals surface area contributed by atoms with Gasteiger partial charge in [0.1, 0.15) is 11.6 Å². The second kappa shape index (κ2) is 8.35. The van der Waals surface area contributed by atoms with E-state index in [4.69, 9.17) is 0 Å². The van der Waals surface area contributed by atoms with Crippen LogP contribution < -0.4 is 4.90 Å². The highest BCUT2D eigenvalue weighted by molar-refractivity contribution is 5.94. The fourth-order valence-electron chi connectivity index (χ4n) is 4.29. The average Bonchev–Trinajstić information content (AvgIpc) is 3.21. The van der Waals surface area contributed by atoms with Crippen molar-refractivity contribution in [3.05, 3.63) is 41.3 Å². The van der Waals surface area contributed by atoms with E-state index in [1.807, 2.05) is 23.2 Å². The Kier molecular flexibility index (Phi) is 5.65. The molecule has 1 atom stereocenters. The minimum absolute atomic E-state index is 0.0261. The molecule has 0 aromatic carbocycles. The summed E-state index contributed by atoms with van der Waals surface area (Å²) in [5, 5.41) is 7.15. The number of likely N-dealkylation sites (tertiary alicyclic amines) is 1. The van der Waals surface area contributed by atoms with Crippen LogP contribution in [-0.2, 0) is 17.8 Å². The Bertz CT molecular complexity index is 874. The van der Waals surface area contributed by atoms with Crippen LogP contribution in [0.5, 0.6) is 0 Å². The Morgan fingerprint density at radius 2 is 2.10 bits per heavy atom. The van der Waals surface area contributed by atoms with Crippen molar-refractivity contribution in [2.24, 2.45) is 11.8 Å². The van der Waals surface area contributed by atoms with Gasteiger partial charge in [0.25, 0.3) is 5.91 Å². The van der Waals surface area contributed by atoms with Crippen molar-refractivity contribution in [3.63, 3.8) is 0 Å². The van der Waals surface area contributed by atoms with Crippen molar-refractivity contribution in [1.82, 2.24) is 20.1 Å². The zero-order valence-electron chi connectivity index (χ0n) is 17.2. The molecule has 0 saturated carbocycles. The van der Waals surface area contributed by atoms with Crippen LogP contribution >= 0.6 is 0 Å². The first-order valence-corrected chi connectivity index (χ1v) is 10.6. The maximum atomic E-state index is 13.0. The summed E-state index contributed by atoms with van der Waals surface area (Å²) < 4.78 is 0. The first kappa shape index (κ1) is 19.6. The van der Waals surface area contributed by atoms with Crippen LogP contribution in [0.2, 0.25) is 0 Å². The maximum absolute atomic E-state index is 13.0. The Balaban J connectivity index is 1.40. The summed E-state index contributed by atoms with van der Waals surface area (Å²) in [5.41, 5.74) is 2.98. The molecule has 1 fully saturated rings. The summed E-state index contributed by atoms with van der Waals surface area (Å²) in [7, 11) is 0. The third kappa shape index (κ3) is 4.33. The van der Waals surface area contributed by atoms with Gasteiger partial charge in [0, 0.05) is 62.4 Å². The second-order valence-electron chi connectivity index (χ2n) is 8.61. The first-order valence-electron chi connectivity index (χ1n) is 10.6. The molecular weight excluding hydrogens is 366 g/mol. The zero-order valence-corrected chi connectivity index (χ0v) is 17.2. The minimum atomic E-state index is -0.0279. The van der Waals surface area contributed by atoms with Gasteiger partial charge in [-0.15, -0.1) is 0 Å². The average molecular weight is 396 g/mol. The standard InChI is InChI=1S/C22H29N5O2/c1-15(2)10-20(28)17-4-3-8-27(13-17)22(29)16-5-6-21(23-11-16)26-9-7-19-18(14-26)12-24-25-19/h5-6,11-12,15,17H,3-4,7-10,13-14H2,1-2H3,(H,24,25). The lowest BCUT2D eigenvalue weighted by molar-refractivity contribution is -0.124. The number of anilines is 1. The molecule has 0 spiro atoms. The van der Waals surface area contributed by atoms with Crippen LogP contribution in [0, 0.1) is 11.8 Å². The third-order valence-corrected chi connectivity index (χ3v) is 5.89. The molecule has 1 amide bonds. The maximum Gasteiger partial charge on any atom is 0.255 e. The molecule has 4 heterocycles. The van der Waals surface area contributed by atoms with E-state index in [2.05, 4.69) is 33.9 Å². The SMILES string of the molecule is CC(C)CC(=O)C1CCCN(C(=O)c2ccc(N3CCc4[nH]ncc4C3)nc2)C1. The van der Waals surface area contributed by atoms with Crippen molar-refractivity contribution in [3.8, 4) is 0 Å². The van der Waals surface area contributed by atoms with Crippen molar-refractivity contribution < 1.29 is 9.59 Å². The summed E-state index contributed by atoms with van der Waals surface area (Å²) in [6, 6.07) is 3.78. The molecule has 1 unspecified atom stereocenters. The Morgan fingerprint density at radius 3 is 2.86 bits per heavy atom. The van der Waals surface area contributed by atoms with E-state index in [0.29, 0.717) is 31.0 Å².